The number of rotatable bonds is 7. The van der Waals surface area contributed by atoms with E-state index in [1.54, 1.807) is 6.92 Å². The monoisotopic (exact) mass is 380 g/mol. The minimum absolute atomic E-state index is 0.0344. The fourth-order valence-electron chi connectivity index (χ4n) is 3.31. The second kappa shape index (κ2) is 8.69. The van der Waals surface area contributed by atoms with Crippen LogP contribution in [0.25, 0.3) is 11.1 Å². The number of ketones is 1. The van der Waals surface area contributed by atoms with Crippen LogP contribution in [0.1, 0.15) is 36.2 Å². The number of Topliss-reactive ketones (excluding diaryl/α,β-unsaturated/α-hetero) is 1. The molecule has 1 aliphatic heterocycles. The van der Waals surface area contributed by atoms with Gasteiger partial charge in [-0.05, 0) is 35.7 Å². The maximum atomic E-state index is 11.9. The Morgan fingerprint density at radius 1 is 1.07 bits per heavy atom. The van der Waals surface area contributed by atoms with Crippen molar-refractivity contribution in [3.63, 3.8) is 0 Å². The Bertz CT molecular complexity index is 907. The molecule has 0 bridgehead atoms. The number of amides is 2. The first kappa shape index (κ1) is 19.6. The number of ether oxygens (including phenoxy) is 1. The SMILES string of the molecule is CC(=O)NCCC(=O)NC[C@@H]1Cc2cc(-c3ccccc3C(C)=O)ccc2O1. The fraction of sp³-hybridized carbons (Fsp3) is 0.318. The summed E-state index contributed by atoms with van der Waals surface area (Å²) in [5, 5.41) is 5.44. The summed E-state index contributed by atoms with van der Waals surface area (Å²) in [6.07, 6.45) is 0.806. The lowest BCUT2D eigenvalue weighted by Crippen LogP contribution is -2.36. The molecule has 0 spiro atoms. The van der Waals surface area contributed by atoms with Crippen LogP contribution in [-0.2, 0) is 16.0 Å². The van der Waals surface area contributed by atoms with Gasteiger partial charge < -0.3 is 15.4 Å². The zero-order valence-corrected chi connectivity index (χ0v) is 16.1. The molecule has 0 fully saturated rings. The maximum absolute atomic E-state index is 11.9. The van der Waals surface area contributed by atoms with Gasteiger partial charge in [-0.3, -0.25) is 14.4 Å². The fourth-order valence-corrected chi connectivity index (χ4v) is 3.31. The van der Waals surface area contributed by atoms with Crippen LogP contribution in [0, 0.1) is 0 Å². The third-order valence-electron chi connectivity index (χ3n) is 4.67. The molecule has 3 rings (SSSR count). The molecular weight excluding hydrogens is 356 g/mol. The second-order valence-electron chi connectivity index (χ2n) is 6.91. The minimum atomic E-state index is -0.149. The summed E-state index contributed by atoms with van der Waals surface area (Å²) < 4.78 is 5.92. The molecule has 1 heterocycles. The normalized spacial score (nSPS) is 14.7. The molecule has 0 aromatic heterocycles. The first-order chi connectivity index (χ1) is 13.4. The number of hydrogen-bond acceptors (Lipinski definition) is 4. The van der Waals surface area contributed by atoms with Gasteiger partial charge in [-0.15, -0.1) is 0 Å². The molecule has 0 radical (unpaired) electrons. The van der Waals surface area contributed by atoms with Gasteiger partial charge in [0, 0.05) is 31.9 Å². The molecule has 1 aliphatic rings. The Hall–Kier alpha value is -3.15. The van der Waals surface area contributed by atoms with Crippen LogP contribution in [0.2, 0.25) is 0 Å². The number of hydrogen-bond donors (Lipinski definition) is 2. The molecule has 0 saturated heterocycles. The quantitative estimate of drug-likeness (QED) is 0.723. The van der Waals surface area contributed by atoms with Crippen molar-refractivity contribution in [1.82, 2.24) is 10.6 Å². The summed E-state index contributed by atoms with van der Waals surface area (Å²) in [4.78, 5) is 34.6. The number of benzene rings is 2. The summed E-state index contributed by atoms with van der Waals surface area (Å²) >= 11 is 0. The van der Waals surface area contributed by atoms with Gasteiger partial charge >= 0.3 is 0 Å². The van der Waals surface area contributed by atoms with Crippen molar-refractivity contribution in [3.8, 4) is 16.9 Å². The predicted octanol–water partition coefficient (Wildman–Crippen LogP) is 2.50. The molecule has 6 heteroatoms. The van der Waals surface area contributed by atoms with E-state index >= 15 is 0 Å². The van der Waals surface area contributed by atoms with Crippen molar-refractivity contribution < 1.29 is 19.1 Å². The van der Waals surface area contributed by atoms with E-state index in [0.29, 0.717) is 25.1 Å². The van der Waals surface area contributed by atoms with E-state index in [9.17, 15) is 14.4 Å². The van der Waals surface area contributed by atoms with Crippen molar-refractivity contribution in [1.29, 1.82) is 0 Å². The first-order valence-electron chi connectivity index (χ1n) is 9.35. The van der Waals surface area contributed by atoms with Gasteiger partial charge in [0.25, 0.3) is 0 Å². The summed E-state index contributed by atoms with van der Waals surface area (Å²) in [5.74, 6) is 0.572. The lowest BCUT2D eigenvalue weighted by molar-refractivity contribution is -0.121. The number of nitrogens with one attached hydrogen (secondary N) is 2. The number of carbonyl (C=O) groups is 3. The number of fused-ring (bicyclic) bond motifs is 1. The molecule has 0 unspecified atom stereocenters. The Labute approximate surface area is 164 Å². The second-order valence-corrected chi connectivity index (χ2v) is 6.91. The summed E-state index contributed by atoms with van der Waals surface area (Å²) in [5.41, 5.74) is 3.65. The van der Waals surface area contributed by atoms with Gasteiger partial charge in [0.05, 0.1) is 6.54 Å². The molecule has 0 saturated carbocycles. The van der Waals surface area contributed by atoms with E-state index < -0.39 is 0 Å². The largest absolute Gasteiger partial charge is 0.488 e. The highest BCUT2D eigenvalue weighted by Gasteiger charge is 2.24. The van der Waals surface area contributed by atoms with E-state index in [0.717, 1.165) is 22.4 Å². The van der Waals surface area contributed by atoms with Crippen molar-refractivity contribution in [3.05, 3.63) is 53.6 Å². The van der Waals surface area contributed by atoms with Crippen LogP contribution in [-0.4, -0.2) is 36.8 Å². The molecule has 2 amide bonds. The lowest BCUT2D eigenvalue weighted by atomic mass is 9.95. The molecule has 28 heavy (non-hydrogen) atoms. The molecule has 0 aliphatic carbocycles. The highest BCUT2D eigenvalue weighted by atomic mass is 16.5. The highest BCUT2D eigenvalue weighted by molar-refractivity contribution is 6.00. The summed E-state index contributed by atoms with van der Waals surface area (Å²) in [6.45, 7) is 3.73. The molecule has 2 aromatic rings. The van der Waals surface area contributed by atoms with E-state index in [4.69, 9.17) is 4.74 Å². The van der Waals surface area contributed by atoms with Gasteiger partial charge in [-0.2, -0.15) is 0 Å². The van der Waals surface area contributed by atoms with Gasteiger partial charge in [0.15, 0.2) is 5.78 Å². The van der Waals surface area contributed by atoms with Gasteiger partial charge in [0.1, 0.15) is 11.9 Å². The van der Waals surface area contributed by atoms with Crippen molar-refractivity contribution >= 4 is 17.6 Å². The highest BCUT2D eigenvalue weighted by Crippen LogP contribution is 2.34. The van der Waals surface area contributed by atoms with Crippen LogP contribution in [0.4, 0.5) is 0 Å². The Balaban J connectivity index is 1.61. The van der Waals surface area contributed by atoms with E-state index in [2.05, 4.69) is 16.7 Å². The molecular formula is C22H24N2O4. The third-order valence-corrected chi connectivity index (χ3v) is 4.67. The molecule has 146 valence electrons. The predicted molar refractivity (Wildman–Crippen MR) is 106 cm³/mol. The van der Waals surface area contributed by atoms with Gasteiger partial charge in [-0.25, -0.2) is 0 Å². The maximum Gasteiger partial charge on any atom is 0.221 e. The average Bonchev–Trinajstić information content (AvgIpc) is 3.08. The Morgan fingerprint density at radius 3 is 2.61 bits per heavy atom. The molecule has 6 nitrogen and oxygen atoms in total. The van der Waals surface area contributed by atoms with Crippen molar-refractivity contribution in [2.24, 2.45) is 0 Å². The molecule has 2 aromatic carbocycles. The van der Waals surface area contributed by atoms with Crippen LogP contribution < -0.4 is 15.4 Å². The Morgan fingerprint density at radius 2 is 1.86 bits per heavy atom. The van der Waals surface area contributed by atoms with Crippen LogP contribution >= 0.6 is 0 Å². The topological polar surface area (TPSA) is 84.5 Å². The van der Waals surface area contributed by atoms with Gasteiger partial charge in [-0.1, -0.05) is 30.3 Å². The van der Waals surface area contributed by atoms with Crippen LogP contribution in [0.15, 0.2) is 42.5 Å². The zero-order valence-electron chi connectivity index (χ0n) is 16.1. The minimum Gasteiger partial charge on any atom is -0.488 e. The van der Waals surface area contributed by atoms with E-state index in [1.807, 2.05) is 36.4 Å². The average molecular weight is 380 g/mol. The smallest absolute Gasteiger partial charge is 0.221 e. The van der Waals surface area contributed by atoms with Crippen molar-refractivity contribution in [2.75, 3.05) is 13.1 Å². The van der Waals surface area contributed by atoms with E-state index in [-0.39, 0.29) is 30.1 Å². The number of carbonyl (C=O) groups excluding carboxylic acids is 3. The van der Waals surface area contributed by atoms with E-state index in [1.165, 1.54) is 6.92 Å². The van der Waals surface area contributed by atoms with Crippen LogP contribution in [0.5, 0.6) is 5.75 Å². The summed E-state index contributed by atoms with van der Waals surface area (Å²) in [7, 11) is 0. The third kappa shape index (κ3) is 4.76. The molecule has 1 atom stereocenters. The first-order valence-corrected chi connectivity index (χ1v) is 9.35. The van der Waals surface area contributed by atoms with Crippen LogP contribution in [0.3, 0.4) is 0 Å². The van der Waals surface area contributed by atoms with Gasteiger partial charge in [0.2, 0.25) is 11.8 Å². The standard InChI is InChI=1S/C22H24N2O4/c1-14(25)19-5-3-4-6-20(19)16-7-8-21-17(11-16)12-18(28-21)13-24-22(27)9-10-23-15(2)26/h3-8,11,18H,9-10,12-13H2,1-2H3,(H,23,26)(H,24,27)/t18-/m0/s1. The molecule has 2 N–H and O–H groups in total. The van der Waals surface area contributed by atoms with Crippen molar-refractivity contribution in [2.45, 2.75) is 32.8 Å². The zero-order chi connectivity index (χ0) is 20.1. The Kier molecular flexibility index (Phi) is 6.09. The summed E-state index contributed by atoms with van der Waals surface area (Å²) in [6, 6.07) is 13.5. The lowest BCUT2D eigenvalue weighted by Gasteiger charge is -2.12.